The van der Waals surface area contributed by atoms with Gasteiger partial charge in [-0.05, 0) is 29.8 Å². The van der Waals surface area contributed by atoms with Crippen LogP contribution in [0.25, 0.3) is 0 Å². The van der Waals surface area contributed by atoms with E-state index in [1.54, 1.807) is 32.4 Å². The Kier molecular flexibility index (Phi) is 5.59. The molecule has 1 amide bonds. The minimum Gasteiger partial charge on any atom is -0.493 e. The van der Waals surface area contributed by atoms with E-state index in [-0.39, 0.29) is 11.9 Å². The van der Waals surface area contributed by atoms with Gasteiger partial charge in [-0.3, -0.25) is 4.79 Å². The summed E-state index contributed by atoms with van der Waals surface area (Å²) in [5, 5.41) is 2.98. The molecule has 26 heavy (non-hydrogen) atoms. The predicted octanol–water partition coefficient (Wildman–Crippen LogP) is 3.93. The van der Waals surface area contributed by atoms with E-state index in [0.29, 0.717) is 23.6 Å². The van der Waals surface area contributed by atoms with Crippen LogP contribution in [0.4, 0.5) is 5.69 Å². The van der Waals surface area contributed by atoms with Gasteiger partial charge < -0.3 is 19.4 Å². The number of carbonyl (C=O) groups excluding carboxylic acids is 1. The molecule has 0 bridgehead atoms. The van der Waals surface area contributed by atoms with Gasteiger partial charge in [0.05, 0.1) is 14.2 Å². The first-order chi connectivity index (χ1) is 12.7. The van der Waals surface area contributed by atoms with Gasteiger partial charge in [-0.15, -0.1) is 0 Å². The van der Waals surface area contributed by atoms with E-state index < -0.39 is 0 Å². The maximum atomic E-state index is 13.0. The van der Waals surface area contributed by atoms with Crippen molar-refractivity contribution >= 4 is 11.6 Å². The molecule has 1 heterocycles. The number of hydrogen-bond acceptors (Lipinski definition) is 3. The van der Waals surface area contributed by atoms with Gasteiger partial charge in [0.25, 0.3) is 0 Å². The zero-order valence-electron chi connectivity index (χ0n) is 14.9. The van der Waals surface area contributed by atoms with Crippen molar-refractivity contribution in [2.24, 2.45) is 0 Å². The standard InChI is InChI=1S/C21H22N2O3/c1-25-19-11-10-17(15-20(19)26-2)22-21(24)18(23-12-6-7-13-23)14-16-8-4-3-5-9-16/h3-13,15,18H,14H2,1-2H3,(H,22,24)/t18-/m1/s1. The van der Waals surface area contributed by atoms with Crippen LogP contribution in [-0.2, 0) is 11.2 Å². The van der Waals surface area contributed by atoms with E-state index in [1.165, 1.54) is 0 Å². The highest BCUT2D eigenvalue weighted by Gasteiger charge is 2.21. The highest BCUT2D eigenvalue weighted by Crippen LogP contribution is 2.30. The molecule has 1 aromatic heterocycles. The van der Waals surface area contributed by atoms with Crippen molar-refractivity contribution in [1.29, 1.82) is 0 Å². The smallest absolute Gasteiger partial charge is 0.247 e. The molecule has 0 saturated carbocycles. The molecular weight excluding hydrogens is 328 g/mol. The lowest BCUT2D eigenvalue weighted by atomic mass is 10.0. The Morgan fingerprint density at radius 1 is 0.962 bits per heavy atom. The first-order valence-corrected chi connectivity index (χ1v) is 8.40. The second-order valence-electron chi connectivity index (χ2n) is 5.89. The number of carbonyl (C=O) groups is 1. The molecule has 0 aliphatic carbocycles. The van der Waals surface area contributed by atoms with Crippen molar-refractivity contribution in [3.05, 3.63) is 78.6 Å². The average Bonchev–Trinajstić information content (AvgIpc) is 3.21. The highest BCUT2D eigenvalue weighted by molar-refractivity contribution is 5.94. The molecule has 0 aliphatic heterocycles. The molecule has 1 N–H and O–H groups in total. The maximum absolute atomic E-state index is 13.0. The fourth-order valence-corrected chi connectivity index (χ4v) is 2.87. The van der Waals surface area contributed by atoms with Crippen LogP contribution in [0.15, 0.2) is 73.1 Å². The molecule has 0 aliphatic rings. The van der Waals surface area contributed by atoms with Crippen LogP contribution >= 0.6 is 0 Å². The summed E-state index contributed by atoms with van der Waals surface area (Å²) in [6, 6.07) is 18.8. The van der Waals surface area contributed by atoms with E-state index in [9.17, 15) is 4.79 Å². The summed E-state index contributed by atoms with van der Waals surface area (Å²) >= 11 is 0. The minimum absolute atomic E-state index is 0.0859. The number of benzene rings is 2. The van der Waals surface area contributed by atoms with Gasteiger partial charge in [-0.25, -0.2) is 0 Å². The van der Waals surface area contributed by atoms with Crippen LogP contribution in [0.1, 0.15) is 11.6 Å². The van der Waals surface area contributed by atoms with Crippen LogP contribution in [0.3, 0.4) is 0 Å². The minimum atomic E-state index is -0.347. The number of nitrogens with zero attached hydrogens (tertiary/aromatic N) is 1. The SMILES string of the molecule is COc1ccc(NC(=O)[C@@H](Cc2ccccc2)n2cccc2)cc1OC. The lowest BCUT2D eigenvalue weighted by molar-refractivity contribution is -0.119. The molecule has 3 aromatic rings. The van der Waals surface area contributed by atoms with Crippen molar-refractivity contribution in [2.75, 3.05) is 19.5 Å². The second kappa shape index (κ2) is 8.25. The molecule has 0 unspecified atom stereocenters. The van der Waals surface area contributed by atoms with Crippen molar-refractivity contribution in [3.63, 3.8) is 0 Å². The number of anilines is 1. The van der Waals surface area contributed by atoms with Gasteiger partial charge in [0, 0.05) is 30.6 Å². The van der Waals surface area contributed by atoms with E-state index in [1.807, 2.05) is 59.4 Å². The second-order valence-corrected chi connectivity index (χ2v) is 5.89. The van der Waals surface area contributed by atoms with Crippen molar-refractivity contribution < 1.29 is 14.3 Å². The molecule has 0 spiro atoms. The summed E-state index contributed by atoms with van der Waals surface area (Å²) in [6.45, 7) is 0. The number of hydrogen-bond donors (Lipinski definition) is 1. The van der Waals surface area contributed by atoms with Gasteiger partial charge in [-0.1, -0.05) is 30.3 Å². The Hall–Kier alpha value is -3.21. The number of ether oxygens (including phenoxy) is 2. The molecule has 5 nitrogen and oxygen atoms in total. The zero-order valence-corrected chi connectivity index (χ0v) is 14.9. The van der Waals surface area contributed by atoms with Gasteiger partial charge in [0.15, 0.2) is 11.5 Å². The molecule has 0 saturated heterocycles. The number of amides is 1. The molecule has 5 heteroatoms. The summed E-state index contributed by atoms with van der Waals surface area (Å²) in [5.41, 5.74) is 1.77. The summed E-state index contributed by atoms with van der Waals surface area (Å²) < 4.78 is 12.5. The fourth-order valence-electron chi connectivity index (χ4n) is 2.87. The van der Waals surface area contributed by atoms with Gasteiger partial charge in [-0.2, -0.15) is 0 Å². The van der Waals surface area contributed by atoms with Crippen molar-refractivity contribution in [2.45, 2.75) is 12.5 Å². The molecule has 2 aromatic carbocycles. The van der Waals surface area contributed by atoms with Crippen LogP contribution in [0.5, 0.6) is 11.5 Å². The van der Waals surface area contributed by atoms with E-state index in [4.69, 9.17) is 9.47 Å². The van der Waals surface area contributed by atoms with E-state index >= 15 is 0 Å². The molecule has 0 radical (unpaired) electrons. The van der Waals surface area contributed by atoms with E-state index in [0.717, 1.165) is 5.56 Å². The monoisotopic (exact) mass is 350 g/mol. The molecule has 1 atom stereocenters. The largest absolute Gasteiger partial charge is 0.493 e. The average molecular weight is 350 g/mol. The molecule has 3 rings (SSSR count). The summed E-state index contributed by atoms with van der Waals surface area (Å²) in [4.78, 5) is 13.0. The molecule has 0 fully saturated rings. The summed E-state index contributed by atoms with van der Waals surface area (Å²) in [7, 11) is 3.15. The third kappa shape index (κ3) is 4.06. The summed E-state index contributed by atoms with van der Waals surface area (Å²) in [5.74, 6) is 1.11. The van der Waals surface area contributed by atoms with Crippen LogP contribution in [0, 0.1) is 0 Å². The Morgan fingerprint density at radius 3 is 2.31 bits per heavy atom. The number of rotatable bonds is 7. The Bertz CT molecular complexity index is 845. The van der Waals surface area contributed by atoms with E-state index in [2.05, 4.69) is 5.32 Å². The predicted molar refractivity (Wildman–Crippen MR) is 102 cm³/mol. The topological polar surface area (TPSA) is 52.5 Å². The first kappa shape index (κ1) is 17.6. The van der Waals surface area contributed by atoms with Crippen LogP contribution in [0.2, 0.25) is 0 Å². The quantitative estimate of drug-likeness (QED) is 0.702. The third-order valence-corrected chi connectivity index (χ3v) is 4.21. The summed E-state index contributed by atoms with van der Waals surface area (Å²) in [6.07, 6.45) is 4.41. The Morgan fingerprint density at radius 2 is 1.65 bits per heavy atom. The molecule has 134 valence electrons. The maximum Gasteiger partial charge on any atom is 0.247 e. The number of methoxy groups -OCH3 is 2. The number of aromatic nitrogens is 1. The first-order valence-electron chi connectivity index (χ1n) is 8.40. The molecular formula is C21H22N2O3. The Labute approximate surface area is 153 Å². The lowest BCUT2D eigenvalue weighted by Crippen LogP contribution is -2.27. The van der Waals surface area contributed by atoms with Gasteiger partial charge in [0.2, 0.25) is 5.91 Å². The van der Waals surface area contributed by atoms with Gasteiger partial charge >= 0.3 is 0 Å². The Balaban J connectivity index is 1.82. The third-order valence-electron chi connectivity index (χ3n) is 4.21. The van der Waals surface area contributed by atoms with Crippen molar-refractivity contribution in [1.82, 2.24) is 4.57 Å². The van der Waals surface area contributed by atoms with Crippen LogP contribution < -0.4 is 14.8 Å². The number of nitrogens with one attached hydrogen (secondary N) is 1. The fraction of sp³-hybridized carbons (Fsp3) is 0.190. The van der Waals surface area contributed by atoms with Crippen molar-refractivity contribution in [3.8, 4) is 11.5 Å². The normalized spacial score (nSPS) is 11.6. The van der Waals surface area contributed by atoms with Crippen LogP contribution in [-0.4, -0.2) is 24.7 Å². The lowest BCUT2D eigenvalue weighted by Gasteiger charge is -2.19. The van der Waals surface area contributed by atoms with Gasteiger partial charge in [0.1, 0.15) is 6.04 Å². The zero-order chi connectivity index (χ0) is 18.4. The highest BCUT2D eigenvalue weighted by atomic mass is 16.5.